The minimum Gasteiger partial charge on any atom is -0.350 e. The molecule has 2 rings (SSSR count). The number of hydrogen-bond acceptors (Lipinski definition) is 3. The van der Waals surface area contributed by atoms with Crippen LogP contribution in [-0.4, -0.2) is 11.0 Å². The summed E-state index contributed by atoms with van der Waals surface area (Å²) in [7, 11) is 0. The molecule has 4 N–H and O–H groups in total. The Kier molecular flexibility index (Phi) is 2.37. The van der Waals surface area contributed by atoms with Gasteiger partial charge in [-0.15, -0.1) is 0 Å². The van der Waals surface area contributed by atoms with Crippen LogP contribution >= 0.6 is 0 Å². The molecule has 0 radical (unpaired) electrons. The van der Waals surface area contributed by atoms with Gasteiger partial charge in [-0.3, -0.25) is 15.8 Å². The molecule has 0 atom stereocenters. The number of urea groups is 1. The predicted molar refractivity (Wildman–Crippen MR) is 58.1 cm³/mol. The molecule has 0 aliphatic rings. The number of pyridine rings is 1. The Morgan fingerprint density at radius 1 is 1.33 bits per heavy atom. The van der Waals surface area contributed by atoms with Crippen molar-refractivity contribution in [3.05, 3.63) is 36.5 Å². The molecule has 1 heterocycles. The van der Waals surface area contributed by atoms with E-state index in [2.05, 4.69) is 15.8 Å². The molecule has 5 heteroatoms. The molecule has 5 nitrogen and oxygen atoms in total. The van der Waals surface area contributed by atoms with Crippen LogP contribution in [0.4, 0.5) is 10.5 Å². The van der Waals surface area contributed by atoms with Gasteiger partial charge in [0.15, 0.2) is 0 Å². The van der Waals surface area contributed by atoms with Gasteiger partial charge in [-0.25, -0.2) is 4.79 Å². The largest absolute Gasteiger partial charge is 0.350 e. The van der Waals surface area contributed by atoms with E-state index in [9.17, 15) is 4.79 Å². The van der Waals surface area contributed by atoms with Gasteiger partial charge >= 0.3 is 6.03 Å². The Bertz CT molecular complexity index is 498. The van der Waals surface area contributed by atoms with Crippen molar-refractivity contribution >= 4 is 22.6 Å². The van der Waals surface area contributed by atoms with Crippen LogP contribution in [0.3, 0.4) is 0 Å². The molecule has 15 heavy (non-hydrogen) atoms. The summed E-state index contributed by atoms with van der Waals surface area (Å²) in [5.74, 6) is 0. The maximum Gasteiger partial charge on any atom is 0.330 e. The lowest BCUT2D eigenvalue weighted by Gasteiger charge is -2.06. The maximum atomic E-state index is 10.5. The summed E-state index contributed by atoms with van der Waals surface area (Å²) in [5, 5.41) is 1.04. The Balaban J connectivity index is 2.26. The number of amides is 2. The first-order valence-electron chi connectivity index (χ1n) is 4.42. The quantitative estimate of drug-likeness (QED) is 0.641. The Morgan fingerprint density at radius 2 is 2.20 bits per heavy atom. The van der Waals surface area contributed by atoms with Crippen LogP contribution < -0.4 is 16.6 Å². The summed E-state index contributed by atoms with van der Waals surface area (Å²) in [6, 6.07) is 8.78. The zero-order valence-electron chi connectivity index (χ0n) is 7.90. The fourth-order valence-electron chi connectivity index (χ4n) is 1.28. The van der Waals surface area contributed by atoms with E-state index in [1.165, 1.54) is 0 Å². The lowest BCUT2D eigenvalue weighted by molar-refractivity contribution is 0.250. The second kappa shape index (κ2) is 3.83. The number of anilines is 1. The second-order valence-corrected chi connectivity index (χ2v) is 3.03. The first kappa shape index (κ1) is 9.26. The average molecular weight is 202 g/mol. The molecule has 2 amide bonds. The van der Waals surface area contributed by atoms with Crippen molar-refractivity contribution in [1.82, 2.24) is 10.4 Å². The number of fused-ring (bicyclic) bond motifs is 1. The number of hydrogen-bond donors (Lipinski definition) is 3. The van der Waals surface area contributed by atoms with E-state index >= 15 is 0 Å². The summed E-state index contributed by atoms with van der Waals surface area (Å²) in [4.78, 5) is 14.7. The Hall–Kier alpha value is -2.30. The first-order chi connectivity index (χ1) is 7.25. The topological polar surface area (TPSA) is 80.0 Å². The summed E-state index contributed by atoms with van der Waals surface area (Å²) in [6.07, 6.45) is 1.72. The standard InChI is InChI=1S/C10H10N4O/c11-10(15)14-13-8-4-3-7-2-1-5-12-9(7)6-8/h1-6,13H,(H3,11,14,15). The van der Waals surface area contributed by atoms with Gasteiger partial charge in [0.1, 0.15) is 0 Å². The number of hydrazine groups is 1. The molecule has 76 valence electrons. The highest BCUT2D eigenvalue weighted by Crippen LogP contribution is 2.15. The number of nitrogens with two attached hydrogens (primary N) is 1. The Morgan fingerprint density at radius 3 is 3.00 bits per heavy atom. The number of primary amides is 1. The number of benzene rings is 1. The van der Waals surface area contributed by atoms with E-state index in [1.54, 1.807) is 6.20 Å². The molecule has 0 bridgehead atoms. The van der Waals surface area contributed by atoms with Gasteiger partial charge in [0.2, 0.25) is 0 Å². The van der Waals surface area contributed by atoms with Crippen molar-refractivity contribution in [3.8, 4) is 0 Å². The number of carbonyl (C=O) groups excluding carboxylic acids is 1. The van der Waals surface area contributed by atoms with Crippen LogP contribution in [0.1, 0.15) is 0 Å². The molecular formula is C10H10N4O. The normalized spacial score (nSPS) is 9.87. The molecule has 0 aliphatic carbocycles. The van der Waals surface area contributed by atoms with Gasteiger partial charge in [0, 0.05) is 11.6 Å². The number of carbonyl (C=O) groups is 1. The highest BCUT2D eigenvalue weighted by Gasteiger charge is 1.96. The van der Waals surface area contributed by atoms with Crippen LogP contribution in [0, 0.1) is 0 Å². The van der Waals surface area contributed by atoms with Crippen LogP contribution in [0.25, 0.3) is 10.9 Å². The van der Waals surface area contributed by atoms with E-state index in [1.807, 2.05) is 30.3 Å². The smallest absolute Gasteiger partial charge is 0.330 e. The highest BCUT2D eigenvalue weighted by molar-refractivity contribution is 5.82. The predicted octanol–water partition coefficient (Wildman–Crippen LogP) is 1.23. The van der Waals surface area contributed by atoms with Crippen molar-refractivity contribution in [2.75, 3.05) is 5.43 Å². The minimum absolute atomic E-state index is 0.629. The Labute approximate surface area is 86.3 Å². The van der Waals surface area contributed by atoms with Crippen molar-refractivity contribution in [2.24, 2.45) is 5.73 Å². The third-order valence-corrected chi connectivity index (χ3v) is 1.94. The van der Waals surface area contributed by atoms with Gasteiger partial charge in [0.05, 0.1) is 11.2 Å². The van der Waals surface area contributed by atoms with Crippen molar-refractivity contribution in [2.45, 2.75) is 0 Å². The van der Waals surface area contributed by atoms with E-state index < -0.39 is 6.03 Å². The zero-order valence-corrected chi connectivity index (χ0v) is 7.90. The summed E-state index contributed by atoms with van der Waals surface area (Å²) < 4.78 is 0. The molecular weight excluding hydrogens is 192 g/mol. The zero-order chi connectivity index (χ0) is 10.7. The first-order valence-corrected chi connectivity index (χ1v) is 4.42. The third kappa shape index (κ3) is 2.14. The third-order valence-electron chi connectivity index (χ3n) is 1.94. The molecule has 0 aliphatic heterocycles. The SMILES string of the molecule is NC(=O)NNc1ccc2cccnc2c1. The number of rotatable bonds is 2. The van der Waals surface area contributed by atoms with Crippen LogP contribution in [-0.2, 0) is 0 Å². The lowest BCUT2D eigenvalue weighted by Crippen LogP contribution is -2.34. The summed E-state index contributed by atoms with van der Waals surface area (Å²) in [6.45, 7) is 0. The van der Waals surface area contributed by atoms with E-state index in [0.717, 1.165) is 16.6 Å². The van der Waals surface area contributed by atoms with E-state index in [0.29, 0.717) is 0 Å². The number of nitrogens with zero attached hydrogens (tertiary/aromatic N) is 1. The summed E-state index contributed by atoms with van der Waals surface area (Å²) in [5.41, 5.74) is 11.5. The monoisotopic (exact) mass is 202 g/mol. The van der Waals surface area contributed by atoms with Crippen LogP contribution in [0.2, 0.25) is 0 Å². The second-order valence-electron chi connectivity index (χ2n) is 3.03. The van der Waals surface area contributed by atoms with Gasteiger partial charge in [-0.05, 0) is 18.2 Å². The molecule has 1 aromatic carbocycles. The number of nitrogens with one attached hydrogen (secondary N) is 2. The van der Waals surface area contributed by atoms with Gasteiger partial charge in [-0.2, -0.15) is 0 Å². The van der Waals surface area contributed by atoms with Crippen LogP contribution in [0.15, 0.2) is 36.5 Å². The van der Waals surface area contributed by atoms with Crippen molar-refractivity contribution < 1.29 is 4.79 Å². The van der Waals surface area contributed by atoms with Gasteiger partial charge < -0.3 is 5.73 Å². The fraction of sp³-hybridized carbons (Fsp3) is 0. The molecule has 0 saturated heterocycles. The van der Waals surface area contributed by atoms with E-state index in [4.69, 9.17) is 5.73 Å². The molecule has 0 saturated carbocycles. The molecule has 0 spiro atoms. The molecule has 1 aromatic heterocycles. The molecule has 2 aromatic rings. The fourth-order valence-corrected chi connectivity index (χ4v) is 1.28. The van der Waals surface area contributed by atoms with Crippen molar-refractivity contribution in [1.29, 1.82) is 0 Å². The van der Waals surface area contributed by atoms with Gasteiger partial charge in [-0.1, -0.05) is 12.1 Å². The van der Waals surface area contributed by atoms with Crippen LogP contribution in [0.5, 0.6) is 0 Å². The molecule has 0 fully saturated rings. The highest BCUT2D eigenvalue weighted by atomic mass is 16.2. The lowest BCUT2D eigenvalue weighted by atomic mass is 10.2. The van der Waals surface area contributed by atoms with E-state index in [-0.39, 0.29) is 0 Å². The van der Waals surface area contributed by atoms with Crippen molar-refractivity contribution in [3.63, 3.8) is 0 Å². The van der Waals surface area contributed by atoms with Gasteiger partial charge in [0.25, 0.3) is 0 Å². The minimum atomic E-state index is -0.629. The maximum absolute atomic E-state index is 10.5. The number of aromatic nitrogens is 1. The molecule has 0 unspecified atom stereocenters. The average Bonchev–Trinajstić information content (AvgIpc) is 2.26. The summed E-state index contributed by atoms with van der Waals surface area (Å²) >= 11 is 0.